The predicted molar refractivity (Wildman–Crippen MR) is 72.1 cm³/mol. The second-order valence-corrected chi connectivity index (χ2v) is 3.93. The van der Waals surface area contributed by atoms with Crippen molar-refractivity contribution in [1.82, 2.24) is 10.4 Å². The largest absolute Gasteiger partial charge is 0.507 e. The zero-order chi connectivity index (χ0) is 13.7. The van der Waals surface area contributed by atoms with Gasteiger partial charge in [-0.05, 0) is 30.7 Å². The number of aromatic hydroxyl groups is 1. The number of rotatable bonds is 3. The summed E-state index contributed by atoms with van der Waals surface area (Å²) in [4.78, 5) is 15.5. The molecule has 5 nitrogen and oxygen atoms in total. The van der Waals surface area contributed by atoms with Crippen molar-refractivity contribution in [2.24, 2.45) is 5.10 Å². The average molecular weight is 255 g/mol. The standard InChI is InChI=1S/C14H13N3O2/c1-10-5-4-6-11(13(10)18)9-16-17-14(19)12-7-2-3-8-15-12/h2-9,18H,1H3,(H,17,19)/b16-9+. The number of amides is 1. The molecule has 1 aromatic carbocycles. The number of aryl methyl sites for hydroxylation is 1. The van der Waals surface area contributed by atoms with E-state index < -0.39 is 5.91 Å². The van der Waals surface area contributed by atoms with Gasteiger partial charge in [0.2, 0.25) is 0 Å². The van der Waals surface area contributed by atoms with E-state index in [0.717, 1.165) is 5.56 Å². The van der Waals surface area contributed by atoms with Crippen molar-refractivity contribution >= 4 is 12.1 Å². The van der Waals surface area contributed by atoms with Crippen LogP contribution in [0.4, 0.5) is 0 Å². The smallest absolute Gasteiger partial charge is 0.289 e. The SMILES string of the molecule is Cc1cccc(/C=N/NC(=O)c2ccccn2)c1O. The molecule has 2 rings (SSSR count). The van der Waals surface area contributed by atoms with Crippen molar-refractivity contribution in [3.05, 3.63) is 59.4 Å². The van der Waals surface area contributed by atoms with Gasteiger partial charge in [0.1, 0.15) is 11.4 Å². The van der Waals surface area contributed by atoms with Gasteiger partial charge in [0, 0.05) is 11.8 Å². The quantitative estimate of drug-likeness (QED) is 0.649. The molecule has 0 spiro atoms. The second-order valence-electron chi connectivity index (χ2n) is 3.93. The minimum Gasteiger partial charge on any atom is -0.507 e. The summed E-state index contributed by atoms with van der Waals surface area (Å²) in [5, 5.41) is 13.6. The molecule has 1 heterocycles. The summed E-state index contributed by atoms with van der Waals surface area (Å²) in [5.74, 6) is -0.248. The van der Waals surface area contributed by atoms with Crippen LogP contribution >= 0.6 is 0 Å². The summed E-state index contributed by atoms with van der Waals surface area (Å²) in [7, 11) is 0. The van der Waals surface area contributed by atoms with E-state index in [0.29, 0.717) is 5.56 Å². The minimum atomic E-state index is -0.399. The van der Waals surface area contributed by atoms with Crippen LogP contribution in [0.3, 0.4) is 0 Å². The second kappa shape index (κ2) is 5.77. The van der Waals surface area contributed by atoms with Crippen molar-refractivity contribution < 1.29 is 9.90 Å². The van der Waals surface area contributed by atoms with Gasteiger partial charge in [-0.3, -0.25) is 9.78 Å². The van der Waals surface area contributed by atoms with Gasteiger partial charge in [0.05, 0.1) is 6.21 Å². The number of aromatic nitrogens is 1. The number of hydrogen-bond acceptors (Lipinski definition) is 4. The van der Waals surface area contributed by atoms with Crippen molar-refractivity contribution in [3.63, 3.8) is 0 Å². The maximum Gasteiger partial charge on any atom is 0.289 e. The van der Waals surface area contributed by atoms with Gasteiger partial charge in [-0.1, -0.05) is 18.2 Å². The maximum atomic E-state index is 11.6. The molecule has 0 aliphatic rings. The third kappa shape index (κ3) is 3.16. The Balaban J connectivity index is 2.05. The lowest BCUT2D eigenvalue weighted by molar-refractivity contribution is 0.0950. The summed E-state index contributed by atoms with van der Waals surface area (Å²) in [6.07, 6.45) is 2.92. The lowest BCUT2D eigenvalue weighted by atomic mass is 10.1. The van der Waals surface area contributed by atoms with Crippen molar-refractivity contribution in [1.29, 1.82) is 0 Å². The van der Waals surface area contributed by atoms with Gasteiger partial charge >= 0.3 is 0 Å². The van der Waals surface area contributed by atoms with E-state index in [1.807, 2.05) is 0 Å². The van der Waals surface area contributed by atoms with Crippen molar-refractivity contribution in [2.45, 2.75) is 6.92 Å². The van der Waals surface area contributed by atoms with E-state index in [1.54, 1.807) is 43.3 Å². The Morgan fingerprint density at radius 2 is 2.16 bits per heavy atom. The van der Waals surface area contributed by atoms with E-state index in [2.05, 4.69) is 15.5 Å². The molecule has 0 unspecified atom stereocenters. The van der Waals surface area contributed by atoms with Gasteiger partial charge < -0.3 is 5.11 Å². The Bertz CT molecular complexity index is 609. The van der Waals surface area contributed by atoms with Gasteiger partial charge in [-0.25, -0.2) is 5.43 Å². The predicted octanol–water partition coefficient (Wildman–Crippen LogP) is 1.86. The molecular formula is C14H13N3O2. The molecule has 0 aliphatic heterocycles. The van der Waals surface area contributed by atoms with Crippen LogP contribution in [-0.2, 0) is 0 Å². The number of phenols is 1. The van der Waals surface area contributed by atoms with Crippen LogP contribution in [0.5, 0.6) is 5.75 Å². The number of phenolic OH excluding ortho intramolecular Hbond substituents is 1. The summed E-state index contributed by atoms with van der Waals surface area (Å²) in [6.45, 7) is 1.79. The molecule has 1 amide bonds. The lowest BCUT2D eigenvalue weighted by Crippen LogP contribution is -2.18. The van der Waals surface area contributed by atoms with Crippen LogP contribution in [0.2, 0.25) is 0 Å². The molecule has 1 aromatic heterocycles. The molecule has 0 saturated carbocycles. The first kappa shape index (κ1) is 12.8. The number of hydrogen-bond donors (Lipinski definition) is 2. The van der Waals surface area contributed by atoms with E-state index in [-0.39, 0.29) is 11.4 Å². The van der Waals surface area contributed by atoms with Crippen LogP contribution in [0.1, 0.15) is 21.6 Å². The summed E-state index contributed by atoms with van der Waals surface area (Å²) in [6, 6.07) is 10.3. The van der Waals surface area contributed by atoms with Gasteiger partial charge in [-0.15, -0.1) is 0 Å². The van der Waals surface area contributed by atoms with Crippen LogP contribution in [-0.4, -0.2) is 22.2 Å². The molecule has 0 saturated heterocycles. The van der Waals surface area contributed by atoms with Crippen LogP contribution < -0.4 is 5.43 Å². The highest BCUT2D eigenvalue weighted by Crippen LogP contribution is 2.19. The zero-order valence-corrected chi connectivity index (χ0v) is 10.4. The number of pyridine rings is 1. The number of benzene rings is 1. The first-order valence-electron chi connectivity index (χ1n) is 5.71. The number of nitrogens with zero attached hydrogens (tertiary/aromatic N) is 2. The lowest BCUT2D eigenvalue weighted by Gasteiger charge is -2.02. The van der Waals surface area contributed by atoms with E-state index in [1.165, 1.54) is 12.4 Å². The van der Waals surface area contributed by atoms with E-state index >= 15 is 0 Å². The summed E-state index contributed by atoms with van der Waals surface area (Å²) >= 11 is 0. The van der Waals surface area contributed by atoms with Crippen LogP contribution in [0, 0.1) is 6.92 Å². The molecule has 0 atom stereocenters. The molecule has 2 N–H and O–H groups in total. The molecule has 0 fully saturated rings. The molecular weight excluding hydrogens is 242 g/mol. The van der Waals surface area contributed by atoms with E-state index in [9.17, 15) is 9.90 Å². The minimum absolute atomic E-state index is 0.151. The Morgan fingerprint density at radius 1 is 1.32 bits per heavy atom. The number of hydrazone groups is 1. The first-order valence-corrected chi connectivity index (χ1v) is 5.71. The molecule has 0 radical (unpaired) electrons. The number of nitrogens with one attached hydrogen (secondary N) is 1. The van der Waals surface area contributed by atoms with Crippen molar-refractivity contribution in [2.75, 3.05) is 0 Å². The zero-order valence-electron chi connectivity index (χ0n) is 10.4. The molecule has 0 aliphatic carbocycles. The fourth-order valence-electron chi connectivity index (χ4n) is 1.50. The fraction of sp³-hybridized carbons (Fsp3) is 0.0714. The molecule has 2 aromatic rings. The first-order chi connectivity index (χ1) is 9.18. The highest BCUT2D eigenvalue weighted by Gasteiger charge is 2.04. The molecule has 0 bridgehead atoms. The maximum absolute atomic E-state index is 11.6. The molecule has 96 valence electrons. The summed E-state index contributed by atoms with van der Waals surface area (Å²) < 4.78 is 0. The Kier molecular flexibility index (Phi) is 3.87. The Labute approximate surface area is 110 Å². The average Bonchev–Trinajstić information content (AvgIpc) is 2.44. The number of carbonyl (C=O) groups excluding carboxylic acids is 1. The number of para-hydroxylation sites is 1. The van der Waals surface area contributed by atoms with Crippen LogP contribution in [0.15, 0.2) is 47.7 Å². The van der Waals surface area contributed by atoms with Gasteiger partial charge in [-0.2, -0.15) is 5.10 Å². The van der Waals surface area contributed by atoms with Crippen LogP contribution in [0.25, 0.3) is 0 Å². The van der Waals surface area contributed by atoms with Crippen molar-refractivity contribution in [3.8, 4) is 5.75 Å². The normalized spacial score (nSPS) is 10.6. The third-order valence-corrected chi connectivity index (χ3v) is 2.54. The van der Waals surface area contributed by atoms with E-state index in [4.69, 9.17) is 0 Å². The Hall–Kier alpha value is -2.69. The molecule has 5 heteroatoms. The fourth-order valence-corrected chi connectivity index (χ4v) is 1.50. The molecule has 19 heavy (non-hydrogen) atoms. The Morgan fingerprint density at radius 3 is 2.89 bits per heavy atom. The van der Waals surface area contributed by atoms with Gasteiger partial charge in [0.15, 0.2) is 0 Å². The number of carbonyl (C=O) groups is 1. The van der Waals surface area contributed by atoms with Gasteiger partial charge in [0.25, 0.3) is 5.91 Å². The highest BCUT2D eigenvalue weighted by atomic mass is 16.3. The topological polar surface area (TPSA) is 74.6 Å². The summed E-state index contributed by atoms with van der Waals surface area (Å²) in [5.41, 5.74) is 3.93. The third-order valence-electron chi connectivity index (χ3n) is 2.54. The monoisotopic (exact) mass is 255 g/mol. The highest BCUT2D eigenvalue weighted by molar-refractivity contribution is 5.93.